The molecule has 0 amide bonds. The lowest BCUT2D eigenvalue weighted by Crippen LogP contribution is -2.32. The number of hydrogen-bond donors (Lipinski definition) is 2. The molecule has 4 nitrogen and oxygen atoms in total. The highest BCUT2D eigenvalue weighted by Gasteiger charge is 2.23. The van der Waals surface area contributed by atoms with E-state index in [1.165, 1.54) is 11.3 Å². The minimum Gasteiger partial charge on any atom is -0.319 e. The van der Waals surface area contributed by atoms with Gasteiger partial charge in [-0.1, -0.05) is 12.8 Å². The summed E-state index contributed by atoms with van der Waals surface area (Å²) in [5.74, 6) is 0. The summed E-state index contributed by atoms with van der Waals surface area (Å²) in [6.07, 6.45) is 5.07. The third-order valence-electron chi connectivity index (χ3n) is 3.20. The Labute approximate surface area is 113 Å². The van der Waals surface area contributed by atoms with E-state index in [9.17, 15) is 8.42 Å². The van der Waals surface area contributed by atoms with Crippen LogP contribution in [0.2, 0.25) is 0 Å². The van der Waals surface area contributed by atoms with E-state index in [-0.39, 0.29) is 6.04 Å². The summed E-state index contributed by atoms with van der Waals surface area (Å²) in [5, 5.41) is 3.06. The summed E-state index contributed by atoms with van der Waals surface area (Å²) in [6.45, 7) is 0.871. The molecule has 0 aromatic carbocycles. The fraction of sp³-hybridized carbons (Fsp3) is 0.667. The second-order valence-corrected chi connectivity index (χ2v) is 7.79. The number of likely N-dealkylation sites (N-methyl/N-ethyl adjacent to an activating group) is 1. The number of sulfonamides is 1. The van der Waals surface area contributed by atoms with Crippen LogP contribution in [0.25, 0.3) is 0 Å². The Morgan fingerprint density at radius 3 is 2.72 bits per heavy atom. The maximum atomic E-state index is 12.2. The lowest BCUT2D eigenvalue weighted by atomic mass is 10.3. The minimum atomic E-state index is -3.30. The number of thiophene rings is 1. The molecule has 0 unspecified atom stereocenters. The van der Waals surface area contributed by atoms with Gasteiger partial charge in [0, 0.05) is 10.9 Å². The summed E-state index contributed by atoms with van der Waals surface area (Å²) < 4.78 is 27.6. The molecule has 1 saturated carbocycles. The summed E-state index contributed by atoms with van der Waals surface area (Å²) in [6, 6.07) is 3.76. The van der Waals surface area contributed by atoms with Crippen LogP contribution in [0.1, 0.15) is 30.6 Å². The Kier molecular flexibility index (Phi) is 4.77. The van der Waals surface area contributed by atoms with Crippen LogP contribution >= 0.6 is 11.3 Å². The highest BCUT2D eigenvalue weighted by Crippen LogP contribution is 2.24. The van der Waals surface area contributed by atoms with Crippen molar-refractivity contribution in [2.75, 3.05) is 13.6 Å². The third-order valence-corrected chi connectivity index (χ3v) is 6.36. The molecule has 0 saturated heterocycles. The second kappa shape index (κ2) is 6.14. The molecule has 102 valence electrons. The lowest BCUT2D eigenvalue weighted by Gasteiger charge is -2.10. The fourth-order valence-corrected chi connectivity index (χ4v) is 4.88. The maximum absolute atomic E-state index is 12.2. The number of hydrogen-bond acceptors (Lipinski definition) is 4. The molecule has 2 rings (SSSR count). The van der Waals surface area contributed by atoms with Crippen molar-refractivity contribution in [1.29, 1.82) is 0 Å². The van der Waals surface area contributed by atoms with Gasteiger partial charge in [-0.15, -0.1) is 11.3 Å². The van der Waals surface area contributed by atoms with Crippen molar-refractivity contribution in [2.45, 2.75) is 42.4 Å². The summed E-state index contributed by atoms with van der Waals surface area (Å²) >= 11 is 1.37. The van der Waals surface area contributed by atoms with Crippen LogP contribution in [0.3, 0.4) is 0 Å². The van der Waals surface area contributed by atoms with Crippen LogP contribution < -0.4 is 10.0 Å². The summed E-state index contributed by atoms with van der Waals surface area (Å²) in [4.78, 5) is 1.11. The highest BCUT2D eigenvalue weighted by atomic mass is 32.2. The van der Waals surface area contributed by atoms with Crippen molar-refractivity contribution in [1.82, 2.24) is 10.0 Å². The molecule has 1 aliphatic rings. The normalized spacial score (nSPS) is 17.4. The minimum absolute atomic E-state index is 0.137. The van der Waals surface area contributed by atoms with Gasteiger partial charge in [-0.25, -0.2) is 13.1 Å². The zero-order valence-electron chi connectivity index (χ0n) is 10.6. The lowest BCUT2D eigenvalue weighted by molar-refractivity contribution is 0.554. The van der Waals surface area contributed by atoms with Gasteiger partial charge in [0.1, 0.15) is 4.21 Å². The van der Waals surface area contributed by atoms with E-state index in [1.54, 1.807) is 6.07 Å². The van der Waals surface area contributed by atoms with Gasteiger partial charge >= 0.3 is 0 Å². The van der Waals surface area contributed by atoms with Gasteiger partial charge in [0.2, 0.25) is 10.0 Å². The van der Waals surface area contributed by atoms with Crippen molar-refractivity contribution >= 4 is 21.4 Å². The summed E-state index contributed by atoms with van der Waals surface area (Å²) in [7, 11) is -1.40. The molecule has 2 N–H and O–H groups in total. The third kappa shape index (κ3) is 3.54. The Balaban J connectivity index is 2.02. The predicted molar refractivity (Wildman–Crippen MR) is 74.5 cm³/mol. The first-order valence-electron chi connectivity index (χ1n) is 6.37. The molecule has 1 aromatic heterocycles. The molecule has 0 aliphatic heterocycles. The smallest absolute Gasteiger partial charge is 0.250 e. The van der Waals surface area contributed by atoms with Gasteiger partial charge in [0.25, 0.3) is 0 Å². The first-order chi connectivity index (χ1) is 8.62. The van der Waals surface area contributed by atoms with Gasteiger partial charge in [0.15, 0.2) is 0 Å². The fourth-order valence-electron chi connectivity index (χ4n) is 2.21. The van der Waals surface area contributed by atoms with Crippen molar-refractivity contribution in [3.63, 3.8) is 0 Å². The maximum Gasteiger partial charge on any atom is 0.250 e. The van der Waals surface area contributed by atoms with Crippen LogP contribution in [0, 0.1) is 0 Å². The van der Waals surface area contributed by atoms with Crippen molar-refractivity contribution < 1.29 is 8.42 Å². The Morgan fingerprint density at radius 1 is 1.33 bits per heavy atom. The topological polar surface area (TPSA) is 58.2 Å². The van der Waals surface area contributed by atoms with Gasteiger partial charge < -0.3 is 5.32 Å². The van der Waals surface area contributed by atoms with E-state index in [0.29, 0.717) is 4.21 Å². The van der Waals surface area contributed by atoms with Crippen molar-refractivity contribution in [3.8, 4) is 0 Å². The quantitative estimate of drug-likeness (QED) is 0.838. The highest BCUT2D eigenvalue weighted by molar-refractivity contribution is 7.91. The van der Waals surface area contributed by atoms with E-state index in [1.807, 2.05) is 13.1 Å². The standard InChI is InChI=1S/C12H20N2O2S2/c1-13-9-8-11-6-7-12(17-11)18(15,16)14-10-4-2-3-5-10/h6-7,10,13-14H,2-5,8-9H2,1H3. The van der Waals surface area contributed by atoms with Crippen LogP contribution in [-0.2, 0) is 16.4 Å². The van der Waals surface area contributed by atoms with Crippen LogP contribution in [0.4, 0.5) is 0 Å². The molecule has 0 atom stereocenters. The van der Waals surface area contributed by atoms with Crippen molar-refractivity contribution in [2.24, 2.45) is 0 Å². The molecule has 6 heteroatoms. The van der Waals surface area contributed by atoms with Gasteiger partial charge in [-0.3, -0.25) is 0 Å². The average molecular weight is 288 g/mol. The van der Waals surface area contributed by atoms with Gasteiger partial charge in [-0.2, -0.15) is 0 Å². The van der Waals surface area contributed by atoms with Gasteiger partial charge in [0.05, 0.1) is 0 Å². The predicted octanol–water partition coefficient (Wildman–Crippen LogP) is 1.73. The Bertz CT molecular complexity index is 476. The molecule has 18 heavy (non-hydrogen) atoms. The molecular weight excluding hydrogens is 268 g/mol. The molecule has 1 aliphatic carbocycles. The molecule has 1 fully saturated rings. The molecule has 0 spiro atoms. The largest absolute Gasteiger partial charge is 0.319 e. The number of rotatable bonds is 6. The van der Waals surface area contributed by atoms with E-state index in [2.05, 4.69) is 10.0 Å². The molecule has 0 bridgehead atoms. The SMILES string of the molecule is CNCCc1ccc(S(=O)(=O)NC2CCCC2)s1. The number of nitrogens with one attached hydrogen (secondary N) is 2. The van der Waals surface area contributed by atoms with E-state index in [4.69, 9.17) is 0 Å². The van der Waals surface area contributed by atoms with Crippen molar-refractivity contribution in [3.05, 3.63) is 17.0 Å². The Morgan fingerprint density at radius 2 is 2.06 bits per heavy atom. The zero-order valence-corrected chi connectivity index (χ0v) is 12.2. The van der Waals surface area contributed by atoms with Crippen LogP contribution in [0.15, 0.2) is 16.3 Å². The molecule has 0 radical (unpaired) electrons. The van der Waals surface area contributed by atoms with Crippen LogP contribution in [-0.4, -0.2) is 28.1 Å². The molecule has 1 aromatic rings. The Hall–Kier alpha value is -0.430. The second-order valence-electron chi connectivity index (χ2n) is 4.68. The van der Waals surface area contributed by atoms with Gasteiger partial charge in [-0.05, 0) is 45.0 Å². The van der Waals surface area contributed by atoms with E-state index < -0.39 is 10.0 Å². The zero-order chi connectivity index (χ0) is 13.0. The monoisotopic (exact) mass is 288 g/mol. The first kappa shape index (κ1) is 14.0. The summed E-state index contributed by atoms with van der Waals surface area (Å²) in [5.41, 5.74) is 0. The molecule has 1 heterocycles. The average Bonchev–Trinajstić information content (AvgIpc) is 2.96. The van der Waals surface area contributed by atoms with E-state index in [0.717, 1.165) is 43.5 Å². The first-order valence-corrected chi connectivity index (χ1v) is 8.67. The molecular formula is C12H20N2O2S2. The van der Waals surface area contributed by atoms with Crippen LogP contribution in [0.5, 0.6) is 0 Å². The van der Waals surface area contributed by atoms with E-state index >= 15 is 0 Å².